The zero-order valence-corrected chi connectivity index (χ0v) is 9.56. The SMILES string of the molecule is CC1(O)CCCN(c2ccncc2CO)C1. The minimum absolute atomic E-state index is 0.0121. The lowest BCUT2D eigenvalue weighted by atomic mass is 9.94. The second kappa shape index (κ2) is 4.39. The Bertz CT molecular complexity index is 366. The standard InChI is InChI=1S/C12H18N2O2/c1-12(16)4-2-6-14(9-12)11-3-5-13-7-10(11)8-15/h3,5,7,15-16H,2,4,6,8-9H2,1H3. The van der Waals surface area contributed by atoms with Gasteiger partial charge in [-0.1, -0.05) is 0 Å². The molecule has 0 aromatic carbocycles. The van der Waals surface area contributed by atoms with Crippen LogP contribution in [-0.4, -0.2) is 33.9 Å². The molecule has 1 saturated heterocycles. The maximum Gasteiger partial charge on any atom is 0.0794 e. The van der Waals surface area contributed by atoms with Crippen LogP contribution in [0.15, 0.2) is 18.5 Å². The highest BCUT2D eigenvalue weighted by Gasteiger charge is 2.29. The molecule has 4 heteroatoms. The summed E-state index contributed by atoms with van der Waals surface area (Å²) in [5.74, 6) is 0. The van der Waals surface area contributed by atoms with Crippen LogP contribution in [0.2, 0.25) is 0 Å². The monoisotopic (exact) mass is 222 g/mol. The number of anilines is 1. The molecule has 2 heterocycles. The Labute approximate surface area is 95.5 Å². The van der Waals surface area contributed by atoms with Gasteiger partial charge >= 0.3 is 0 Å². The van der Waals surface area contributed by atoms with Crippen molar-refractivity contribution in [2.45, 2.75) is 32.0 Å². The molecule has 0 saturated carbocycles. The van der Waals surface area contributed by atoms with Gasteiger partial charge in [-0.05, 0) is 25.8 Å². The number of rotatable bonds is 2. The van der Waals surface area contributed by atoms with E-state index < -0.39 is 5.60 Å². The van der Waals surface area contributed by atoms with Crippen LogP contribution in [-0.2, 0) is 6.61 Å². The molecule has 1 aromatic rings. The summed E-state index contributed by atoms with van der Waals surface area (Å²) in [5.41, 5.74) is 1.17. The second-order valence-corrected chi connectivity index (χ2v) is 4.68. The van der Waals surface area contributed by atoms with Gasteiger partial charge in [-0.25, -0.2) is 0 Å². The fourth-order valence-electron chi connectivity index (χ4n) is 2.28. The van der Waals surface area contributed by atoms with E-state index in [1.165, 1.54) is 0 Å². The molecule has 1 aromatic heterocycles. The first-order chi connectivity index (χ1) is 7.62. The predicted molar refractivity (Wildman–Crippen MR) is 62.2 cm³/mol. The van der Waals surface area contributed by atoms with Crippen LogP contribution < -0.4 is 4.90 Å². The lowest BCUT2D eigenvalue weighted by Crippen LogP contribution is -2.46. The minimum Gasteiger partial charge on any atom is -0.392 e. The Morgan fingerprint density at radius 1 is 1.56 bits per heavy atom. The lowest BCUT2D eigenvalue weighted by Gasteiger charge is -2.38. The quantitative estimate of drug-likeness (QED) is 0.781. The molecule has 16 heavy (non-hydrogen) atoms. The van der Waals surface area contributed by atoms with Crippen LogP contribution in [0.5, 0.6) is 0 Å². The number of hydrogen-bond donors (Lipinski definition) is 2. The molecule has 1 fully saturated rings. The van der Waals surface area contributed by atoms with Crippen LogP contribution in [0.25, 0.3) is 0 Å². The van der Waals surface area contributed by atoms with Gasteiger partial charge in [0.1, 0.15) is 0 Å². The van der Waals surface area contributed by atoms with Crippen molar-refractivity contribution in [3.05, 3.63) is 24.0 Å². The Kier molecular flexibility index (Phi) is 3.12. The van der Waals surface area contributed by atoms with E-state index in [-0.39, 0.29) is 6.61 Å². The van der Waals surface area contributed by atoms with Gasteiger partial charge in [0.2, 0.25) is 0 Å². The summed E-state index contributed by atoms with van der Waals surface area (Å²) in [6.45, 7) is 3.39. The fraction of sp³-hybridized carbons (Fsp3) is 0.583. The van der Waals surface area contributed by atoms with E-state index in [0.717, 1.165) is 30.6 Å². The summed E-state index contributed by atoms with van der Waals surface area (Å²) in [6, 6.07) is 1.90. The Morgan fingerprint density at radius 2 is 2.38 bits per heavy atom. The molecule has 2 N–H and O–H groups in total. The maximum absolute atomic E-state index is 10.0. The number of aliphatic hydroxyl groups is 2. The van der Waals surface area contributed by atoms with Crippen LogP contribution in [0, 0.1) is 0 Å². The number of pyridine rings is 1. The summed E-state index contributed by atoms with van der Waals surface area (Å²) in [4.78, 5) is 6.12. The number of aromatic nitrogens is 1. The molecule has 4 nitrogen and oxygen atoms in total. The van der Waals surface area contributed by atoms with E-state index in [1.807, 2.05) is 13.0 Å². The number of piperidine rings is 1. The van der Waals surface area contributed by atoms with Crippen molar-refractivity contribution in [2.24, 2.45) is 0 Å². The van der Waals surface area contributed by atoms with Crippen LogP contribution in [0.1, 0.15) is 25.3 Å². The summed E-state index contributed by atoms with van der Waals surface area (Å²) >= 11 is 0. The molecule has 88 valence electrons. The maximum atomic E-state index is 10.0. The number of aliphatic hydroxyl groups excluding tert-OH is 1. The van der Waals surface area contributed by atoms with Crippen molar-refractivity contribution >= 4 is 5.69 Å². The molecular formula is C12H18N2O2. The van der Waals surface area contributed by atoms with E-state index in [1.54, 1.807) is 12.4 Å². The third kappa shape index (κ3) is 2.33. The highest BCUT2D eigenvalue weighted by atomic mass is 16.3. The second-order valence-electron chi connectivity index (χ2n) is 4.68. The number of nitrogens with zero attached hydrogens (tertiary/aromatic N) is 2. The highest BCUT2D eigenvalue weighted by Crippen LogP contribution is 2.27. The van der Waals surface area contributed by atoms with Gasteiger partial charge in [0.05, 0.1) is 12.2 Å². The molecule has 0 spiro atoms. The van der Waals surface area contributed by atoms with E-state index in [9.17, 15) is 10.2 Å². The molecule has 1 aliphatic heterocycles. The molecule has 1 aliphatic rings. The van der Waals surface area contributed by atoms with Gasteiger partial charge in [-0.2, -0.15) is 0 Å². The number of β-amino-alcohol motifs (C(OH)–C–C–N with tert-alkyl or cyclic N) is 1. The van der Waals surface area contributed by atoms with Crippen molar-refractivity contribution in [1.82, 2.24) is 4.98 Å². The zero-order valence-electron chi connectivity index (χ0n) is 9.56. The first kappa shape index (κ1) is 11.4. The summed E-state index contributed by atoms with van der Waals surface area (Å²) < 4.78 is 0. The lowest BCUT2D eigenvalue weighted by molar-refractivity contribution is 0.0448. The third-order valence-electron chi connectivity index (χ3n) is 3.06. The third-order valence-corrected chi connectivity index (χ3v) is 3.06. The first-order valence-corrected chi connectivity index (χ1v) is 5.63. The first-order valence-electron chi connectivity index (χ1n) is 5.63. The zero-order chi connectivity index (χ0) is 11.6. The molecular weight excluding hydrogens is 204 g/mol. The largest absolute Gasteiger partial charge is 0.392 e. The van der Waals surface area contributed by atoms with Crippen molar-refractivity contribution in [2.75, 3.05) is 18.0 Å². The molecule has 1 atom stereocenters. The molecule has 0 bridgehead atoms. The minimum atomic E-state index is -0.631. The summed E-state index contributed by atoms with van der Waals surface area (Å²) in [5, 5.41) is 19.3. The van der Waals surface area contributed by atoms with Crippen molar-refractivity contribution in [1.29, 1.82) is 0 Å². The van der Waals surface area contributed by atoms with Gasteiger partial charge < -0.3 is 15.1 Å². The predicted octanol–water partition coefficient (Wildman–Crippen LogP) is 0.925. The van der Waals surface area contributed by atoms with Crippen molar-refractivity contribution < 1.29 is 10.2 Å². The Balaban J connectivity index is 2.23. The van der Waals surface area contributed by atoms with E-state index in [2.05, 4.69) is 9.88 Å². The molecule has 2 rings (SSSR count). The van der Waals surface area contributed by atoms with Gasteiger partial charge in [0.15, 0.2) is 0 Å². The van der Waals surface area contributed by atoms with Crippen LogP contribution in [0.4, 0.5) is 5.69 Å². The summed E-state index contributed by atoms with van der Waals surface area (Å²) in [6.07, 6.45) is 5.21. The fourth-order valence-corrected chi connectivity index (χ4v) is 2.28. The highest BCUT2D eigenvalue weighted by molar-refractivity contribution is 5.52. The van der Waals surface area contributed by atoms with Crippen LogP contribution >= 0.6 is 0 Å². The smallest absolute Gasteiger partial charge is 0.0794 e. The van der Waals surface area contributed by atoms with Gasteiger partial charge in [0, 0.05) is 36.7 Å². The Hall–Kier alpha value is -1.13. The van der Waals surface area contributed by atoms with E-state index in [4.69, 9.17) is 0 Å². The number of hydrogen-bond acceptors (Lipinski definition) is 4. The average molecular weight is 222 g/mol. The van der Waals surface area contributed by atoms with E-state index in [0.29, 0.717) is 6.54 Å². The van der Waals surface area contributed by atoms with Crippen LogP contribution in [0.3, 0.4) is 0 Å². The Morgan fingerprint density at radius 3 is 3.06 bits per heavy atom. The van der Waals surface area contributed by atoms with Crippen molar-refractivity contribution in [3.8, 4) is 0 Å². The normalized spacial score (nSPS) is 25.8. The summed E-state index contributed by atoms with van der Waals surface area (Å²) in [7, 11) is 0. The van der Waals surface area contributed by atoms with Gasteiger partial charge in [-0.15, -0.1) is 0 Å². The van der Waals surface area contributed by atoms with Gasteiger partial charge in [-0.3, -0.25) is 4.98 Å². The van der Waals surface area contributed by atoms with E-state index >= 15 is 0 Å². The topological polar surface area (TPSA) is 56.6 Å². The molecule has 0 aliphatic carbocycles. The molecule has 0 radical (unpaired) electrons. The average Bonchev–Trinajstić information content (AvgIpc) is 2.27. The molecule has 0 amide bonds. The van der Waals surface area contributed by atoms with Crippen molar-refractivity contribution in [3.63, 3.8) is 0 Å². The van der Waals surface area contributed by atoms with Gasteiger partial charge in [0.25, 0.3) is 0 Å². The molecule has 1 unspecified atom stereocenters.